The molecule has 1 atom stereocenters. The third-order valence-corrected chi connectivity index (χ3v) is 4.68. The summed E-state index contributed by atoms with van der Waals surface area (Å²) in [5.41, 5.74) is 3.69. The second kappa shape index (κ2) is 8.61. The molecule has 6 heteroatoms. The molecule has 6 nitrogen and oxygen atoms in total. The predicted octanol–water partition coefficient (Wildman–Crippen LogP) is 3.37. The molecule has 0 unspecified atom stereocenters. The fourth-order valence-electron chi connectivity index (χ4n) is 3.03. The molecule has 144 valence electrons. The number of carbonyl (C=O) groups is 1. The predicted molar refractivity (Wildman–Crippen MR) is 111 cm³/mol. The third-order valence-electron chi connectivity index (χ3n) is 4.68. The number of carbonyl (C=O) groups excluding carboxylic acids is 1. The van der Waals surface area contributed by atoms with Crippen molar-refractivity contribution >= 4 is 11.9 Å². The Hall–Kier alpha value is -3.28. The second-order valence-electron chi connectivity index (χ2n) is 6.99. The van der Waals surface area contributed by atoms with Crippen LogP contribution in [-0.2, 0) is 11.3 Å². The zero-order valence-corrected chi connectivity index (χ0v) is 16.7. The lowest BCUT2D eigenvalue weighted by atomic mass is 9.99. The SMILES string of the molecule is C[C@@H](C(=O)N(C)Cc1nc(N(C)C)ncc1-c1ccncc1)c1ccccc1. The van der Waals surface area contributed by atoms with Crippen molar-refractivity contribution in [1.29, 1.82) is 0 Å². The van der Waals surface area contributed by atoms with Crippen LogP contribution in [0.3, 0.4) is 0 Å². The highest BCUT2D eigenvalue weighted by atomic mass is 16.2. The smallest absolute Gasteiger partial charge is 0.229 e. The van der Waals surface area contributed by atoms with Gasteiger partial charge in [-0.05, 0) is 30.2 Å². The molecule has 2 heterocycles. The minimum atomic E-state index is -0.217. The number of benzene rings is 1. The van der Waals surface area contributed by atoms with Gasteiger partial charge in [-0.15, -0.1) is 0 Å². The zero-order chi connectivity index (χ0) is 20.1. The third kappa shape index (κ3) is 4.34. The van der Waals surface area contributed by atoms with Crippen LogP contribution in [0.5, 0.6) is 0 Å². The van der Waals surface area contributed by atoms with Gasteiger partial charge in [0.1, 0.15) is 0 Å². The lowest BCUT2D eigenvalue weighted by Gasteiger charge is -2.23. The fourth-order valence-corrected chi connectivity index (χ4v) is 3.03. The van der Waals surface area contributed by atoms with Crippen LogP contribution in [0.25, 0.3) is 11.1 Å². The maximum absolute atomic E-state index is 13.0. The summed E-state index contributed by atoms with van der Waals surface area (Å²) in [5, 5.41) is 0. The van der Waals surface area contributed by atoms with E-state index in [-0.39, 0.29) is 11.8 Å². The number of hydrogen-bond acceptors (Lipinski definition) is 5. The van der Waals surface area contributed by atoms with E-state index in [9.17, 15) is 4.79 Å². The minimum Gasteiger partial charge on any atom is -0.347 e. The van der Waals surface area contributed by atoms with E-state index < -0.39 is 0 Å². The number of aromatic nitrogens is 3. The maximum Gasteiger partial charge on any atom is 0.229 e. The average Bonchev–Trinajstić information content (AvgIpc) is 2.73. The quantitative estimate of drug-likeness (QED) is 0.661. The van der Waals surface area contributed by atoms with Gasteiger partial charge in [-0.3, -0.25) is 9.78 Å². The van der Waals surface area contributed by atoms with Gasteiger partial charge in [-0.2, -0.15) is 0 Å². The number of anilines is 1. The van der Waals surface area contributed by atoms with Crippen LogP contribution in [0.1, 0.15) is 24.1 Å². The Morgan fingerprint density at radius 3 is 2.36 bits per heavy atom. The molecule has 0 saturated carbocycles. The molecule has 0 aliphatic carbocycles. The van der Waals surface area contributed by atoms with Gasteiger partial charge in [0.25, 0.3) is 0 Å². The molecule has 0 N–H and O–H groups in total. The molecule has 0 fully saturated rings. The van der Waals surface area contributed by atoms with Crippen LogP contribution in [-0.4, -0.2) is 46.9 Å². The first-order chi connectivity index (χ1) is 13.5. The molecule has 0 spiro atoms. The Bertz CT molecular complexity index is 928. The van der Waals surface area contributed by atoms with Crippen molar-refractivity contribution in [3.63, 3.8) is 0 Å². The Morgan fingerprint density at radius 2 is 1.71 bits per heavy atom. The number of rotatable bonds is 6. The van der Waals surface area contributed by atoms with Crippen LogP contribution >= 0.6 is 0 Å². The average molecular weight is 375 g/mol. The summed E-state index contributed by atoms with van der Waals surface area (Å²) >= 11 is 0. The summed E-state index contributed by atoms with van der Waals surface area (Å²) in [6.07, 6.45) is 5.29. The monoisotopic (exact) mass is 375 g/mol. The highest BCUT2D eigenvalue weighted by Crippen LogP contribution is 2.25. The van der Waals surface area contributed by atoms with Crippen molar-refractivity contribution in [3.05, 3.63) is 72.3 Å². The first-order valence-corrected chi connectivity index (χ1v) is 9.21. The molecular weight excluding hydrogens is 350 g/mol. The van der Waals surface area contributed by atoms with E-state index in [1.165, 1.54) is 0 Å². The topological polar surface area (TPSA) is 62.2 Å². The van der Waals surface area contributed by atoms with Gasteiger partial charge in [-0.1, -0.05) is 30.3 Å². The van der Waals surface area contributed by atoms with Gasteiger partial charge in [0.15, 0.2) is 0 Å². The molecule has 3 rings (SSSR count). The minimum absolute atomic E-state index is 0.0527. The van der Waals surface area contributed by atoms with Crippen molar-refractivity contribution in [2.75, 3.05) is 26.0 Å². The van der Waals surface area contributed by atoms with Gasteiger partial charge in [0.2, 0.25) is 11.9 Å². The summed E-state index contributed by atoms with van der Waals surface area (Å²) in [6.45, 7) is 2.33. The largest absolute Gasteiger partial charge is 0.347 e. The molecule has 1 aromatic carbocycles. The van der Waals surface area contributed by atoms with Crippen LogP contribution in [0.2, 0.25) is 0 Å². The molecule has 28 heavy (non-hydrogen) atoms. The molecule has 3 aromatic rings. The Labute approximate surface area is 165 Å². The number of amides is 1. The van der Waals surface area contributed by atoms with Gasteiger partial charge < -0.3 is 9.80 Å². The molecule has 0 saturated heterocycles. The van der Waals surface area contributed by atoms with E-state index in [1.54, 1.807) is 17.3 Å². The van der Waals surface area contributed by atoms with E-state index in [0.29, 0.717) is 12.5 Å². The molecule has 0 bridgehead atoms. The second-order valence-corrected chi connectivity index (χ2v) is 6.99. The number of pyridine rings is 1. The number of nitrogens with zero attached hydrogens (tertiary/aromatic N) is 5. The summed E-state index contributed by atoms with van der Waals surface area (Å²) in [5.74, 6) is 0.451. The van der Waals surface area contributed by atoms with Crippen molar-refractivity contribution in [3.8, 4) is 11.1 Å². The highest BCUT2D eigenvalue weighted by molar-refractivity contribution is 5.83. The first-order valence-electron chi connectivity index (χ1n) is 9.21. The van der Waals surface area contributed by atoms with Crippen LogP contribution in [0.15, 0.2) is 61.1 Å². The standard InChI is InChI=1S/C22H25N5O/c1-16(17-8-6-5-7-9-17)21(28)27(4)15-20-19(18-10-12-23-13-11-18)14-24-22(25-20)26(2)3/h5-14,16H,15H2,1-4H3/t16-/m1/s1. The fraction of sp³-hybridized carbons (Fsp3) is 0.273. The lowest BCUT2D eigenvalue weighted by molar-refractivity contribution is -0.131. The first kappa shape index (κ1) is 19.5. The van der Waals surface area contributed by atoms with Crippen molar-refractivity contribution < 1.29 is 4.79 Å². The van der Waals surface area contributed by atoms with Gasteiger partial charge >= 0.3 is 0 Å². The normalized spacial score (nSPS) is 11.7. The van der Waals surface area contributed by atoms with Gasteiger partial charge in [-0.25, -0.2) is 9.97 Å². The van der Waals surface area contributed by atoms with E-state index >= 15 is 0 Å². The molecular formula is C22H25N5O. The van der Waals surface area contributed by atoms with E-state index in [0.717, 1.165) is 22.4 Å². The Balaban J connectivity index is 1.89. The molecule has 0 aliphatic rings. The number of likely N-dealkylation sites (N-methyl/N-ethyl adjacent to an activating group) is 1. The van der Waals surface area contributed by atoms with Crippen LogP contribution < -0.4 is 4.90 Å². The van der Waals surface area contributed by atoms with E-state index in [4.69, 9.17) is 4.98 Å². The van der Waals surface area contributed by atoms with Crippen molar-refractivity contribution in [2.45, 2.75) is 19.4 Å². The van der Waals surface area contributed by atoms with Crippen molar-refractivity contribution in [2.24, 2.45) is 0 Å². The summed E-state index contributed by atoms with van der Waals surface area (Å²) in [7, 11) is 5.62. The highest BCUT2D eigenvalue weighted by Gasteiger charge is 2.21. The van der Waals surface area contributed by atoms with Crippen molar-refractivity contribution in [1.82, 2.24) is 19.9 Å². The summed E-state index contributed by atoms with van der Waals surface area (Å²) < 4.78 is 0. The molecule has 1 amide bonds. The maximum atomic E-state index is 13.0. The van der Waals surface area contributed by atoms with Gasteiger partial charge in [0.05, 0.1) is 18.2 Å². The molecule has 2 aromatic heterocycles. The number of hydrogen-bond donors (Lipinski definition) is 0. The van der Waals surface area contributed by atoms with Crippen LogP contribution in [0.4, 0.5) is 5.95 Å². The van der Waals surface area contributed by atoms with E-state index in [1.807, 2.05) is 81.6 Å². The Morgan fingerprint density at radius 1 is 1.04 bits per heavy atom. The summed E-state index contributed by atoms with van der Waals surface area (Å²) in [6, 6.07) is 13.7. The lowest BCUT2D eigenvalue weighted by Crippen LogP contribution is -2.31. The van der Waals surface area contributed by atoms with Gasteiger partial charge in [0, 0.05) is 45.3 Å². The molecule has 0 radical (unpaired) electrons. The van der Waals surface area contributed by atoms with Crippen LogP contribution in [0, 0.1) is 0 Å². The zero-order valence-electron chi connectivity index (χ0n) is 16.7. The Kier molecular flexibility index (Phi) is 5.99. The summed E-state index contributed by atoms with van der Waals surface area (Å²) in [4.78, 5) is 29.8. The molecule has 0 aliphatic heterocycles. The van der Waals surface area contributed by atoms with E-state index in [2.05, 4.69) is 9.97 Å².